The van der Waals surface area contributed by atoms with Crippen LogP contribution in [0.3, 0.4) is 0 Å². The molecule has 1 N–H and O–H groups in total. The molecule has 41 heavy (non-hydrogen) atoms. The molecular weight excluding hydrogens is 537 g/mol. The van der Waals surface area contributed by atoms with Crippen LogP contribution in [0, 0.1) is 5.82 Å². The second-order valence-electron chi connectivity index (χ2n) is 10.5. The summed E-state index contributed by atoms with van der Waals surface area (Å²) in [6, 6.07) is 26.3. The average molecular weight is 568 g/mol. The molecule has 4 aromatic carbocycles. The van der Waals surface area contributed by atoms with Gasteiger partial charge in [0.2, 0.25) is 0 Å². The average Bonchev–Trinajstić information content (AvgIpc) is 3.39. The highest BCUT2D eigenvalue weighted by atomic mass is 35.5. The molecule has 0 bridgehead atoms. The Hall–Kier alpha value is -4.16. The number of nitrogens with one attached hydrogen (secondary N) is 1. The van der Waals surface area contributed by atoms with Crippen molar-refractivity contribution in [3.05, 3.63) is 107 Å². The summed E-state index contributed by atoms with van der Waals surface area (Å²) in [5.74, 6) is 0.487. The molecule has 0 aliphatic heterocycles. The van der Waals surface area contributed by atoms with Gasteiger partial charge in [-0.25, -0.2) is 9.37 Å². The highest BCUT2D eigenvalue weighted by Crippen LogP contribution is 2.37. The summed E-state index contributed by atoms with van der Waals surface area (Å²) in [6.07, 6.45) is 5.73. The van der Waals surface area contributed by atoms with E-state index < -0.39 is 0 Å². The number of fused-ring (bicyclic) bond motifs is 1. The first kappa shape index (κ1) is 27.0. The Kier molecular flexibility index (Phi) is 7.75. The standard InChI is InChI=1S/C34H31ClFN3O2/c1-37-34(40)23-13-17-28(22-11-14-25(35)15-12-22)24(19-23)21-41-27-16-18-29(30(36)20-27)33-38-31-9-5-6-10-32(31)39(33)26-7-3-2-4-8-26/h5-6,9-20,26H,2-4,7-8,21H2,1H3,(H,37,40). The normalized spacial score (nSPS) is 13.8. The fourth-order valence-corrected chi connectivity index (χ4v) is 5.91. The van der Waals surface area contributed by atoms with Gasteiger partial charge < -0.3 is 14.6 Å². The second-order valence-corrected chi connectivity index (χ2v) is 10.9. The Bertz CT molecular complexity index is 1710. The Morgan fingerprint density at radius 3 is 2.49 bits per heavy atom. The summed E-state index contributed by atoms with van der Waals surface area (Å²) in [6.45, 7) is 0.155. The Labute approximate surface area is 243 Å². The number of nitrogens with zero attached hydrogens (tertiary/aromatic N) is 2. The lowest BCUT2D eigenvalue weighted by molar-refractivity contribution is 0.0963. The number of hydrogen-bond acceptors (Lipinski definition) is 3. The number of rotatable bonds is 7. The highest BCUT2D eigenvalue weighted by molar-refractivity contribution is 6.30. The minimum Gasteiger partial charge on any atom is -0.489 e. The maximum Gasteiger partial charge on any atom is 0.251 e. The van der Waals surface area contributed by atoms with Crippen LogP contribution in [0.2, 0.25) is 5.02 Å². The van der Waals surface area contributed by atoms with E-state index in [1.165, 1.54) is 25.3 Å². The third-order valence-corrected chi connectivity index (χ3v) is 8.11. The molecule has 1 aliphatic carbocycles. The summed E-state index contributed by atoms with van der Waals surface area (Å²) in [5.41, 5.74) is 5.55. The lowest BCUT2D eigenvalue weighted by Gasteiger charge is -2.25. The van der Waals surface area contributed by atoms with Crippen LogP contribution in [-0.4, -0.2) is 22.5 Å². The first-order valence-electron chi connectivity index (χ1n) is 14.0. The smallest absolute Gasteiger partial charge is 0.251 e. The van der Waals surface area contributed by atoms with Crippen molar-refractivity contribution >= 4 is 28.5 Å². The molecule has 1 aliphatic rings. The Morgan fingerprint density at radius 1 is 0.976 bits per heavy atom. The maximum absolute atomic E-state index is 15.7. The zero-order chi connectivity index (χ0) is 28.3. The van der Waals surface area contributed by atoms with Gasteiger partial charge in [-0.05, 0) is 78.1 Å². The number of aromatic nitrogens is 2. The molecule has 5 nitrogen and oxygen atoms in total. The monoisotopic (exact) mass is 567 g/mol. The molecule has 208 valence electrons. The molecule has 0 radical (unpaired) electrons. The molecule has 7 heteroatoms. The van der Waals surface area contributed by atoms with E-state index in [4.69, 9.17) is 21.3 Å². The van der Waals surface area contributed by atoms with Crippen molar-refractivity contribution in [3.63, 3.8) is 0 Å². The van der Waals surface area contributed by atoms with Gasteiger partial charge in [-0.2, -0.15) is 0 Å². The summed E-state index contributed by atoms with van der Waals surface area (Å²) < 4.78 is 24.1. The van der Waals surface area contributed by atoms with Gasteiger partial charge in [-0.1, -0.05) is 61.2 Å². The van der Waals surface area contributed by atoms with Crippen LogP contribution in [0.4, 0.5) is 4.39 Å². The van der Waals surface area contributed by atoms with E-state index in [0.717, 1.165) is 40.6 Å². The van der Waals surface area contributed by atoms with Crippen molar-refractivity contribution < 1.29 is 13.9 Å². The van der Waals surface area contributed by atoms with Crippen molar-refractivity contribution in [2.24, 2.45) is 0 Å². The molecule has 1 amide bonds. The Balaban J connectivity index is 1.31. The number of ether oxygens (including phenoxy) is 1. The van der Waals surface area contributed by atoms with Crippen molar-refractivity contribution in [3.8, 4) is 28.3 Å². The van der Waals surface area contributed by atoms with Gasteiger partial charge in [0.05, 0.1) is 16.6 Å². The van der Waals surface area contributed by atoms with Crippen LogP contribution < -0.4 is 10.1 Å². The SMILES string of the molecule is CNC(=O)c1ccc(-c2ccc(Cl)cc2)c(COc2ccc(-c3nc4ccccc4n3C3CCCCC3)c(F)c2)c1. The number of para-hydroxylation sites is 2. The number of carbonyl (C=O) groups is 1. The van der Waals surface area contributed by atoms with E-state index in [2.05, 4.69) is 16.0 Å². The fraction of sp³-hybridized carbons (Fsp3) is 0.235. The van der Waals surface area contributed by atoms with Gasteiger partial charge in [0, 0.05) is 29.7 Å². The molecule has 0 spiro atoms. The third kappa shape index (κ3) is 5.57. The molecule has 0 saturated heterocycles. The molecule has 1 heterocycles. The molecule has 5 aromatic rings. The zero-order valence-corrected chi connectivity index (χ0v) is 23.6. The predicted molar refractivity (Wildman–Crippen MR) is 162 cm³/mol. The first-order chi connectivity index (χ1) is 20.0. The van der Waals surface area contributed by atoms with Gasteiger partial charge >= 0.3 is 0 Å². The number of amides is 1. The van der Waals surface area contributed by atoms with E-state index >= 15 is 4.39 Å². The van der Waals surface area contributed by atoms with Gasteiger partial charge in [0.1, 0.15) is 24.0 Å². The number of benzene rings is 4. The topological polar surface area (TPSA) is 56.1 Å². The van der Waals surface area contributed by atoms with Crippen LogP contribution in [0.1, 0.15) is 54.1 Å². The van der Waals surface area contributed by atoms with Crippen LogP contribution in [-0.2, 0) is 6.61 Å². The number of carbonyl (C=O) groups excluding carboxylic acids is 1. The fourth-order valence-electron chi connectivity index (χ4n) is 5.78. The number of hydrogen-bond donors (Lipinski definition) is 1. The molecule has 0 unspecified atom stereocenters. The summed E-state index contributed by atoms with van der Waals surface area (Å²) >= 11 is 6.10. The minimum absolute atomic E-state index is 0.155. The van der Waals surface area contributed by atoms with Gasteiger partial charge in [-0.3, -0.25) is 4.79 Å². The second kappa shape index (κ2) is 11.8. The van der Waals surface area contributed by atoms with Crippen molar-refractivity contribution in [2.75, 3.05) is 7.05 Å². The van der Waals surface area contributed by atoms with Gasteiger partial charge in [0.25, 0.3) is 5.91 Å². The first-order valence-corrected chi connectivity index (χ1v) is 14.4. The quantitative estimate of drug-likeness (QED) is 0.214. The molecular formula is C34H31ClFN3O2. The van der Waals surface area contributed by atoms with E-state index in [9.17, 15) is 4.79 Å². The molecule has 1 fully saturated rings. The lowest BCUT2D eigenvalue weighted by atomic mass is 9.95. The molecule has 6 rings (SSSR count). The van der Waals surface area contributed by atoms with E-state index in [0.29, 0.717) is 33.8 Å². The van der Waals surface area contributed by atoms with Crippen molar-refractivity contribution in [2.45, 2.75) is 44.8 Å². The molecule has 1 aromatic heterocycles. The van der Waals surface area contributed by atoms with E-state index in [1.807, 2.05) is 48.5 Å². The van der Waals surface area contributed by atoms with E-state index in [1.54, 1.807) is 31.3 Å². The van der Waals surface area contributed by atoms with E-state index in [-0.39, 0.29) is 18.3 Å². The zero-order valence-electron chi connectivity index (χ0n) is 22.9. The summed E-state index contributed by atoms with van der Waals surface area (Å²) in [4.78, 5) is 17.2. The number of imidazole rings is 1. The van der Waals surface area contributed by atoms with Crippen LogP contribution >= 0.6 is 11.6 Å². The van der Waals surface area contributed by atoms with Crippen LogP contribution in [0.15, 0.2) is 84.9 Å². The third-order valence-electron chi connectivity index (χ3n) is 7.86. The molecule has 1 saturated carbocycles. The van der Waals surface area contributed by atoms with Crippen LogP contribution in [0.5, 0.6) is 5.75 Å². The van der Waals surface area contributed by atoms with Crippen molar-refractivity contribution in [1.29, 1.82) is 0 Å². The lowest BCUT2D eigenvalue weighted by Crippen LogP contribution is -2.18. The maximum atomic E-state index is 15.7. The van der Waals surface area contributed by atoms with Crippen molar-refractivity contribution in [1.82, 2.24) is 14.9 Å². The minimum atomic E-state index is -0.382. The molecule has 0 atom stereocenters. The predicted octanol–water partition coefficient (Wildman–Crippen LogP) is 8.61. The summed E-state index contributed by atoms with van der Waals surface area (Å²) in [5, 5.41) is 3.30. The summed E-state index contributed by atoms with van der Waals surface area (Å²) in [7, 11) is 1.60. The largest absolute Gasteiger partial charge is 0.489 e. The number of halogens is 2. The van der Waals surface area contributed by atoms with Gasteiger partial charge in [0.15, 0.2) is 0 Å². The van der Waals surface area contributed by atoms with Gasteiger partial charge in [-0.15, -0.1) is 0 Å². The van der Waals surface area contributed by atoms with Crippen LogP contribution in [0.25, 0.3) is 33.5 Å². The highest BCUT2D eigenvalue weighted by Gasteiger charge is 2.24. The Morgan fingerprint density at radius 2 is 1.73 bits per heavy atom.